The number of quaternary nitrogens is 1. The zero-order chi connectivity index (χ0) is 21.6. The van der Waals surface area contributed by atoms with Crippen LogP contribution in [0.15, 0.2) is 60.7 Å². The van der Waals surface area contributed by atoms with Crippen LogP contribution in [0, 0.1) is 0 Å². The number of amides is 2. The lowest BCUT2D eigenvalue weighted by atomic mass is 9.88. The van der Waals surface area contributed by atoms with Crippen molar-refractivity contribution in [1.82, 2.24) is 10.2 Å². The summed E-state index contributed by atoms with van der Waals surface area (Å²) in [6.45, 7) is 9.47. The van der Waals surface area contributed by atoms with Crippen LogP contribution < -0.4 is 10.2 Å². The van der Waals surface area contributed by atoms with Crippen LogP contribution in [0.1, 0.15) is 44.2 Å². The minimum Gasteiger partial charge on any atom is -0.347 e. The molecule has 0 spiro atoms. The van der Waals surface area contributed by atoms with Gasteiger partial charge in [0.05, 0.1) is 26.2 Å². The Morgan fingerprint density at radius 3 is 1.90 bits per heavy atom. The van der Waals surface area contributed by atoms with Crippen molar-refractivity contribution in [1.29, 1.82) is 0 Å². The molecule has 3 rings (SSSR count). The number of carbonyl (C=O) groups excluding carboxylic acids is 2. The van der Waals surface area contributed by atoms with Gasteiger partial charge >= 0.3 is 0 Å². The van der Waals surface area contributed by atoms with Crippen molar-refractivity contribution in [3.8, 4) is 0 Å². The SMILES string of the molecule is CC(C)(C)NC(=O)C[NH+]1CCN(C(=O)CC(c2ccccc2)c2ccccc2)CC1. The molecule has 0 unspecified atom stereocenters. The van der Waals surface area contributed by atoms with Crippen LogP contribution in [0.2, 0.25) is 0 Å². The fourth-order valence-corrected chi connectivity index (χ4v) is 4.04. The van der Waals surface area contributed by atoms with Crippen molar-refractivity contribution in [3.05, 3.63) is 71.8 Å². The summed E-state index contributed by atoms with van der Waals surface area (Å²) in [4.78, 5) is 28.5. The summed E-state index contributed by atoms with van der Waals surface area (Å²) in [5.41, 5.74) is 2.12. The Bertz CT molecular complexity index is 783. The van der Waals surface area contributed by atoms with E-state index in [0.29, 0.717) is 26.1 Å². The number of hydrogen-bond acceptors (Lipinski definition) is 2. The lowest BCUT2D eigenvalue weighted by Crippen LogP contribution is -3.16. The van der Waals surface area contributed by atoms with Gasteiger partial charge in [-0.2, -0.15) is 0 Å². The third-order valence-electron chi connectivity index (χ3n) is 5.53. The van der Waals surface area contributed by atoms with Crippen molar-refractivity contribution in [3.63, 3.8) is 0 Å². The minimum atomic E-state index is -0.210. The molecule has 0 aliphatic carbocycles. The molecule has 1 saturated heterocycles. The van der Waals surface area contributed by atoms with Crippen LogP contribution in [-0.4, -0.2) is 55.0 Å². The molecule has 0 aromatic heterocycles. The Balaban J connectivity index is 1.58. The predicted octanol–water partition coefficient (Wildman–Crippen LogP) is 1.85. The third kappa shape index (κ3) is 6.42. The van der Waals surface area contributed by atoms with E-state index in [9.17, 15) is 9.59 Å². The van der Waals surface area contributed by atoms with Crippen molar-refractivity contribution in [2.45, 2.75) is 38.6 Å². The highest BCUT2D eigenvalue weighted by Gasteiger charge is 2.28. The second-order valence-electron chi connectivity index (χ2n) is 9.18. The quantitative estimate of drug-likeness (QED) is 0.767. The van der Waals surface area contributed by atoms with Gasteiger partial charge in [-0.3, -0.25) is 9.59 Å². The summed E-state index contributed by atoms with van der Waals surface area (Å²) in [6.07, 6.45) is 0.466. The molecule has 1 heterocycles. The van der Waals surface area contributed by atoms with E-state index in [0.717, 1.165) is 13.1 Å². The molecule has 0 saturated carbocycles. The van der Waals surface area contributed by atoms with Gasteiger partial charge in [-0.15, -0.1) is 0 Å². The van der Waals surface area contributed by atoms with E-state index >= 15 is 0 Å². The Morgan fingerprint density at radius 1 is 0.933 bits per heavy atom. The first kappa shape index (κ1) is 22.0. The highest BCUT2D eigenvalue weighted by atomic mass is 16.2. The van der Waals surface area contributed by atoms with E-state index in [1.54, 1.807) is 0 Å². The van der Waals surface area contributed by atoms with Gasteiger partial charge in [-0.25, -0.2) is 0 Å². The normalized spacial score (nSPS) is 15.3. The summed E-state index contributed by atoms with van der Waals surface area (Å²) < 4.78 is 0. The van der Waals surface area contributed by atoms with Gasteiger partial charge in [-0.05, 0) is 31.9 Å². The summed E-state index contributed by atoms with van der Waals surface area (Å²) in [5.74, 6) is 0.319. The summed E-state index contributed by atoms with van der Waals surface area (Å²) in [7, 11) is 0. The van der Waals surface area contributed by atoms with Gasteiger partial charge in [0.2, 0.25) is 5.91 Å². The molecule has 2 N–H and O–H groups in total. The first-order valence-corrected chi connectivity index (χ1v) is 10.8. The fourth-order valence-electron chi connectivity index (χ4n) is 4.04. The summed E-state index contributed by atoms with van der Waals surface area (Å²) >= 11 is 0. The number of hydrogen-bond donors (Lipinski definition) is 2. The Labute approximate surface area is 180 Å². The van der Waals surface area contributed by atoms with Crippen molar-refractivity contribution in [2.24, 2.45) is 0 Å². The predicted molar refractivity (Wildman–Crippen MR) is 119 cm³/mol. The molecule has 5 nitrogen and oxygen atoms in total. The fraction of sp³-hybridized carbons (Fsp3) is 0.440. The zero-order valence-electron chi connectivity index (χ0n) is 18.4. The molecule has 30 heavy (non-hydrogen) atoms. The summed E-state index contributed by atoms with van der Waals surface area (Å²) in [6, 6.07) is 20.5. The molecule has 2 amide bonds. The number of rotatable bonds is 6. The molecule has 0 bridgehead atoms. The molecule has 1 aliphatic rings. The molecule has 1 fully saturated rings. The molecule has 0 radical (unpaired) electrons. The molecule has 2 aromatic rings. The Kier molecular flexibility index (Phi) is 7.27. The Morgan fingerprint density at radius 2 is 1.43 bits per heavy atom. The van der Waals surface area contributed by atoms with Crippen LogP contribution in [0.3, 0.4) is 0 Å². The Hall–Kier alpha value is -2.66. The van der Waals surface area contributed by atoms with Crippen molar-refractivity contribution >= 4 is 11.8 Å². The first-order valence-electron chi connectivity index (χ1n) is 10.8. The maximum absolute atomic E-state index is 13.1. The zero-order valence-corrected chi connectivity index (χ0v) is 18.4. The third-order valence-corrected chi connectivity index (χ3v) is 5.53. The van der Waals surface area contributed by atoms with E-state index < -0.39 is 0 Å². The number of nitrogens with one attached hydrogen (secondary N) is 2. The van der Waals surface area contributed by atoms with Crippen LogP contribution in [0.5, 0.6) is 0 Å². The van der Waals surface area contributed by atoms with E-state index in [2.05, 4.69) is 29.6 Å². The standard InChI is InChI=1S/C25H33N3O2/c1-25(2,3)26-23(29)19-27-14-16-28(17-15-27)24(30)18-22(20-10-6-4-7-11-20)21-12-8-5-9-13-21/h4-13,22H,14-19H2,1-3H3,(H,26,29)/p+1. The van der Waals surface area contributed by atoms with Crippen molar-refractivity contribution in [2.75, 3.05) is 32.7 Å². The van der Waals surface area contributed by atoms with Gasteiger partial charge in [-0.1, -0.05) is 60.7 Å². The minimum absolute atomic E-state index is 0.0582. The maximum atomic E-state index is 13.1. The summed E-state index contributed by atoms with van der Waals surface area (Å²) in [5, 5.41) is 3.02. The van der Waals surface area contributed by atoms with Gasteiger partial charge in [0.1, 0.15) is 0 Å². The van der Waals surface area contributed by atoms with Gasteiger partial charge in [0.25, 0.3) is 5.91 Å². The lowest BCUT2D eigenvalue weighted by Gasteiger charge is -2.33. The van der Waals surface area contributed by atoms with Gasteiger partial charge in [0, 0.05) is 17.9 Å². The monoisotopic (exact) mass is 408 g/mol. The van der Waals surface area contributed by atoms with E-state index in [1.165, 1.54) is 16.0 Å². The number of benzene rings is 2. The molecule has 160 valence electrons. The average molecular weight is 409 g/mol. The molecular weight excluding hydrogens is 374 g/mol. The van der Waals surface area contributed by atoms with Crippen molar-refractivity contribution < 1.29 is 14.5 Å². The van der Waals surface area contributed by atoms with Crippen LogP contribution in [0.4, 0.5) is 0 Å². The second-order valence-corrected chi connectivity index (χ2v) is 9.18. The highest BCUT2D eigenvalue weighted by molar-refractivity contribution is 5.78. The van der Waals surface area contributed by atoms with E-state index in [1.807, 2.05) is 62.1 Å². The second kappa shape index (κ2) is 9.90. The maximum Gasteiger partial charge on any atom is 0.275 e. The molecule has 0 atom stereocenters. The number of piperazine rings is 1. The van der Waals surface area contributed by atoms with Crippen LogP contribution >= 0.6 is 0 Å². The smallest absolute Gasteiger partial charge is 0.275 e. The van der Waals surface area contributed by atoms with E-state index in [-0.39, 0.29) is 23.3 Å². The van der Waals surface area contributed by atoms with Gasteiger partial charge in [0.15, 0.2) is 6.54 Å². The topological polar surface area (TPSA) is 53.9 Å². The average Bonchev–Trinajstić information content (AvgIpc) is 2.72. The lowest BCUT2D eigenvalue weighted by molar-refractivity contribution is -0.896. The number of nitrogens with zero attached hydrogens (tertiary/aromatic N) is 1. The first-order chi connectivity index (χ1) is 14.3. The largest absolute Gasteiger partial charge is 0.347 e. The molecule has 1 aliphatic heterocycles. The molecular formula is C25H34N3O2+. The molecule has 2 aromatic carbocycles. The molecule has 5 heteroatoms. The number of carbonyl (C=O) groups is 2. The van der Waals surface area contributed by atoms with Crippen LogP contribution in [0.25, 0.3) is 0 Å². The van der Waals surface area contributed by atoms with Crippen LogP contribution in [-0.2, 0) is 9.59 Å². The highest BCUT2D eigenvalue weighted by Crippen LogP contribution is 2.28. The van der Waals surface area contributed by atoms with E-state index in [4.69, 9.17) is 0 Å². The van der Waals surface area contributed by atoms with Gasteiger partial charge < -0.3 is 15.1 Å².